The van der Waals surface area contributed by atoms with Crippen LogP contribution in [0.15, 0.2) is 12.1 Å². The van der Waals surface area contributed by atoms with Gasteiger partial charge in [0, 0.05) is 17.5 Å². The minimum atomic E-state index is -0.0874. The molecule has 0 spiro atoms. The number of aryl methyl sites for hydroxylation is 2. The lowest BCUT2D eigenvalue weighted by atomic mass is 9.87. The fraction of sp³-hybridized carbons (Fsp3) is 0.647. The number of ether oxygens (including phenoxy) is 1. The summed E-state index contributed by atoms with van der Waals surface area (Å²) in [5.74, 6) is 0.267. The Kier molecular flexibility index (Phi) is 5.17. The second kappa shape index (κ2) is 6.68. The standard InChI is InChI=1S/C17H26FNO/c1-5-6-19-17(14-9-13(4)20-10-14)16-12(3)7-11(2)8-15(16)18/h7-8,13-14,17,19H,5-6,9-10H2,1-4H3. The lowest BCUT2D eigenvalue weighted by molar-refractivity contribution is 0.116. The maximum atomic E-state index is 14.5. The lowest BCUT2D eigenvalue weighted by Crippen LogP contribution is -2.31. The molecule has 0 radical (unpaired) electrons. The lowest BCUT2D eigenvalue weighted by Gasteiger charge is -2.26. The van der Waals surface area contributed by atoms with Crippen LogP contribution in [0.1, 0.15) is 49.4 Å². The number of nitrogens with one attached hydrogen (secondary N) is 1. The van der Waals surface area contributed by atoms with E-state index in [0.717, 1.165) is 42.7 Å². The summed E-state index contributed by atoms with van der Waals surface area (Å²) in [7, 11) is 0. The summed E-state index contributed by atoms with van der Waals surface area (Å²) in [5, 5.41) is 3.53. The summed E-state index contributed by atoms with van der Waals surface area (Å²) in [6, 6.07) is 3.76. The van der Waals surface area contributed by atoms with Crippen LogP contribution in [0.25, 0.3) is 0 Å². The minimum Gasteiger partial charge on any atom is -0.378 e. The molecule has 0 saturated carbocycles. The SMILES string of the molecule is CCCNC(c1c(C)cc(C)cc1F)C1COC(C)C1. The van der Waals surface area contributed by atoms with Crippen molar-refractivity contribution in [2.75, 3.05) is 13.2 Å². The van der Waals surface area contributed by atoms with Gasteiger partial charge in [0.1, 0.15) is 5.82 Å². The van der Waals surface area contributed by atoms with Crippen LogP contribution in [0.4, 0.5) is 4.39 Å². The molecule has 1 aliphatic heterocycles. The zero-order valence-corrected chi connectivity index (χ0v) is 13.0. The van der Waals surface area contributed by atoms with Crippen LogP contribution in [-0.4, -0.2) is 19.3 Å². The van der Waals surface area contributed by atoms with Gasteiger partial charge in [-0.3, -0.25) is 0 Å². The summed E-state index contributed by atoms with van der Waals surface area (Å²) < 4.78 is 20.1. The molecule has 1 N–H and O–H groups in total. The molecule has 1 fully saturated rings. The van der Waals surface area contributed by atoms with E-state index in [4.69, 9.17) is 4.74 Å². The molecule has 3 unspecified atom stereocenters. The molecular formula is C17H26FNO. The molecule has 3 atom stereocenters. The van der Waals surface area contributed by atoms with Gasteiger partial charge >= 0.3 is 0 Å². The minimum absolute atomic E-state index is 0.0560. The van der Waals surface area contributed by atoms with Gasteiger partial charge in [0.15, 0.2) is 0 Å². The van der Waals surface area contributed by atoms with Gasteiger partial charge in [0.2, 0.25) is 0 Å². The Morgan fingerprint density at radius 2 is 2.15 bits per heavy atom. The second-order valence-corrected chi connectivity index (χ2v) is 6.05. The van der Waals surface area contributed by atoms with E-state index in [2.05, 4.69) is 25.2 Å². The maximum Gasteiger partial charge on any atom is 0.128 e. The summed E-state index contributed by atoms with van der Waals surface area (Å²) in [6.07, 6.45) is 2.32. The van der Waals surface area contributed by atoms with E-state index in [-0.39, 0.29) is 18.0 Å². The predicted octanol–water partition coefficient (Wildman–Crippen LogP) is 3.91. The van der Waals surface area contributed by atoms with E-state index in [0.29, 0.717) is 5.92 Å². The average Bonchev–Trinajstić information content (AvgIpc) is 2.78. The second-order valence-electron chi connectivity index (χ2n) is 6.05. The number of rotatable bonds is 5. The Balaban J connectivity index is 2.31. The Labute approximate surface area is 121 Å². The van der Waals surface area contributed by atoms with Gasteiger partial charge in [-0.25, -0.2) is 4.39 Å². The van der Waals surface area contributed by atoms with Crippen molar-refractivity contribution in [1.29, 1.82) is 0 Å². The van der Waals surface area contributed by atoms with Crippen molar-refractivity contribution in [2.45, 2.75) is 52.7 Å². The summed E-state index contributed by atoms with van der Waals surface area (Å²) >= 11 is 0. The van der Waals surface area contributed by atoms with Crippen LogP contribution >= 0.6 is 0 Å². The third-order valence-corrected chi connectivity index (χ3v) is 4.11. The van der Waals surface area contributed by atoms with E-state index in [1.807, 2.05) is 13.8 Å². The first kappa shape index (κ1) is 15.5. The van der Waals surface area contributed by atoms with Crippen molar-refractivity contribution in [3.63, 3.8) is 0 Å². The zero-order valence-electron chi connectivity index (χ0n) is 13.0. The molecule has 0 amide bonds. The molecule has 2 nitrogen and oxygen atoms in total. The molecule has 3 heteroatoms. The zero-order chi connectivity index (χ0) is 14.7. The fourth-order valence-corrected chi connectivity index (χ4v) is 3.21. The van der Waals surface area contributed by atoms with Gasteiger partial charge in [-0.15, -0.1) is 0 Å². The molecule has 0 aliphatic carbocycles. The van der Waals surface area contributed by atoms with Crippen LogP contribution in [-0.2, 0) is 4.74 Å². The van der Waals surface area contributed by atoms with Gasteiger partial charge in [-0.05, 0) is 57.4 Å². The van der Waals surface area contributed by atoms with E-state index in [1.54, 1.807) is 6.07 Å². The molecule has 1 heterocycles. The molecule has 112 valence electrons. The molecule has 1 saturated heterocycles. The van der Waals surface area contributed by atoms with Crippen LogP contribution in [0.5, 0.6) is 0 Å². The number of hydrogen-bond donors (Lipinski definition) is 1. The Morgan fingerprint density at radius 1 is 1.40 bits per heavy atom. The van der Waals surface area contributed by atoms with Crippen LogP contribution in [0, 0.1) is 25.6 Å². The topological polar surface area (TPSA) is 21.3 Å². The van der Waals surface area contributed by atoms with Crippen LogP contribution < -0.4 is 5.32 Å². The van der Waals surface area contributed by atoms with Crippen LogP contribution in [0.3, 0.4) is 0 Å². The van der Waals surface area contributed by atoms with Crippen LogP contribution in [0.2, 0.25) is 0 Å². The number of hydrogen-bond acceptors (Lipinski definition) is 2. The third kappa shape index (κ3) is 3.39. The average molecular weight is 279 g/mol. The normalized spacial score (nSPS) is 24.1. The van der Waals surface area contributed by atoms with Gasteiger partial charge < -0.3 is 10.1 Å². The van der Waals surface area contributed by atoms with Crippen molar-refractivity contribution in [1.82, 2.24) is 5.32 Å². The van der Waals surface area contributed by atoms with E-state index >= 15 is 0 Å². The van der Waals surface area contributed by atoms with E-state index in [1.165, 1.54) is 0 Å². The molecule has 2 rings (SSSR count). The quantitative estimate of drug-likeness (QED) is 0.882. The van der Waals surface area contributed by atoms with Crippen molar-refractivity contribution in [2.24, 2.45) is 5.92 Å². The Hall–Kier alpha value is -0.930. The molecule has 0 aromatic heterocycles. The smallest absolute Gasteiger partial charge is 0.128 e. The molecular weight excluding hydrogens is 253 g/mol. The first-order valence-electron chi connectivity index (χ1n) is 7.64. The van der Waals surface area contributed by atoms with Crippen molar-refractivity contribution in [3.05, 3.63) is 34.6 Å². The summed E-state index contributed by atoms with van der Waals surface area (Å²) in [5.41, 5.74) is 2.84. The van der Waals surface area contributed by atoms with Gasteiger partial charge in [-0.1, -0.05) is 13.0 Å². The molecule has 1 aliphatic rings. The van der Waals surface area contributed by atoms with Crippen molar-refractivity contribution < 1.29 is 9.13 Å². The van der Waals surface area contributed by atoms with E-state index < -0.39 is 0 Å². The highest BCUT2D eigenvalue weighted by Gasteiger charge is 2.32. The highest BCUT2D eigenvalue weighted by molar-refractivity contribution is 5.35. The Morgan fingerprint density at radius 3 is 2.70 bits per heavy atom. The predicted molar refractivity (Wildman–Crippen MR) is 80.4 cm³/mol. The highest BCUT2D eigenvalue weighted by Crippen LogP contribution is 2.35. The monoisotopic (exact) mass is 279 g/mol. The molecule has 0 bridgehead atoms. The highest BCUT2D eigenvalue weighted by atomic mass is 19.1. The maximum absolute atomic E-state index is 14.5. The largest absolute Gasteiger partial charge is 0.378 e. The third-order valence-electron chi connectivity index (χ3n) is 4.11. The van der Waals surface area contributed by atoms with Crippen molar-refractivity contribution >= 4 is 0 Å². The summed E-state index contributed by atoms with van der Waals surface area (Å²) in [4.78, 5) is 0. The van der Waals surface area contributed by atoms with Crippen molar-refractivity contribution in [3.8, 4) is 0 Å². The summed E-state index contributed by atoms with van der Waals surface area (Å²) in [6.45, 7) is 9.80. The van der Waals surface area contributed by atoms with E-state index in [9.17, 15) is 4.39 Å². The first-order valence-corrected chi connectivity index (χ1v) is 7.64. The fourth-order valence-electron chi connectivity index (χ4n) is 3.21. The molecule has 20 heavy (non-hydrogen) atoms. The molecule has 1 aromatic rings. The number of halogens is 1. The van der Waals surface area contributed by atoms with Gasteiger partial charge in [-0.2, -0.15) is 0 Å². The van der Waals surface area contributed by atoms with Gasteiger partial charge in [0.05, 0.1) is 12.7 Å². The molecule has 1 aromatic carbocycles. The number of benzene rings is 1. The first-order chi connectivity index (χ1) is 9.52. The van der Waals surface area contributed by atoms with Gasteiger partial charge in [0.25, 0.3) is 0 Å². The Bertz CT molecular complexity index is 437.